The van der Waals surface area contributed by atoms with E-state index < -0.39 is 26.7 Å². The van der Waals surface area contributed by atoms with Gasteiger partial charge in [-0.05, 0) is 38.0 Å². The van der Waals surface area contributed by atoms with Gasteiger partial charge in [-0.3, -0.25) is 4.90 Å². The maximum Gasteiger partial charge on any atom is 0.417 e. The van der Waals surface area contributed by atoms with E-state index in [1.807, 2.05) is 0 Å². The van der Waals surface area contributed by atoms with Crippen LogP contribution in [0.2, 0.25) is 0 Å². The van der Waals surface area contributed by atoms with E-state index in [1.165, 1.54) is 6.07 Å². The maximum atomic E-state index is 13.2. The van der Waals surface area contributed by atoms with Crippen LogP contribution in [0.15, 0.2) is 27.6 Å². The summed E-state index contributed by atoms with van der Waals surface area (Å²) in [5, 5.41) is 0. The molecule has 1 saturated heterocycles. The molecule has 0 amide bonds. The Labute approximate surface area is 147 Å². The summed E-state index contributed by atoms with van der Waals surface area (Å²) >= 11 is 2.97. The van der Waals surface area contributed by atoms with E-state index in [0.717, 1.165) is 29.3 Å². The molecular weight excluding hydrogens is 409 g/mol. The van der Waals surface area contributed by atoms with Crippen LogP contribution in [0.3, 0.4) is 0 Å². The normalized spacial score (nSPS) is 22.5. The van der Waals surface area contributed by atoms with E-state index in [-0.39, 0.29) is 23.1 Å². The van der Waals surface area contributed by atoms with E-state index in [2.05, 4.69) is 27.8 Å². The lowest BCUT2D eigenvalue weighted by Gasteiger charge is -2.38. The Hall–Kier alpha value is -0.640. The van der Waals surface area contributed by atoms with E-state index in [4.69, 9.17) is 0 Å². The molecule has 1 aliphatic carbocycles. The highest BCUT2D eigenvalue weighted by Crippen LogP contribution is 2.42. The summed E-state index contributed by atoms with van der Waals surface area (Å²) in [4.78, 5) is 1.55. The molecule has 0 N–H and O–H groups in total. The Bertz CT molecular complexity index is 740. The molecule has 0 bridgehead atoms. The van der Waals surface area contributed by atoms with E-state index in [1.54, 1.807) is 0 Å². The Morgan fingerprint density at radius 3 is 2.21 bits per heavy atom. The smallest absolute Gasteiger partial charge is 0.295 e. The van der Waals surface area contributed by atoms with Crippen LogP contribution >= 0.6 is 15.9 Å². The quantitative estimate of drug-likeness (QED) is 0.743. The van der Waals surface area contributed by atoms with Gasteiger partial charge in [0.2, 0.25) is 10.0 Å². The van der Waals surface area contributed by atoms with Crippen LogP contribution in [0.25, 0.3) is 0 Å². The topological polar surface area (TPSA) is 40.6 Å². The fourth-order valence-electron chi connectivity index (χ4n) is 3.05. The van der Waals surface area contributed by atoms with Gasteiger partial charge >= 0.3 is 6.18 Å². The summed E-state index contributed by atoms with van der Waals surface area (Å²) in [6, 6.07) is 3.16. The average Bonchev–Trinajstić information content (AvgIpc) is 3.25. The van der Waals surface area contributed by atoms with Gasteiger partial charge in [0.05, 0.1) is 10.5 Å². The summed E-state index contributed by atoms with van der Waals surface area (Å²) < 4.78 is 66.5. The van der Waals surface area contributed by atoms with Crippen molar-refractivity contribution in [3.63, 3.8) is 0 Å². The lowest BCUT2D eigenvalue weighted by Crippen LogP contribution is -2.52. The molecule has 9 heteroatoms. The maximum absolute atomic E-state index is 13.2. The van der Waals surface area contributed by atoms with Crippen LogP contribution in [0, 0.1) is 0 Å². The zero-order chi connectivity index (χ0) is 17.8. The van der Waals surface area contributed by atoms with Crippen LogP contribution in [-0.4, -0.2) is 49.3 Å². The van der Waals surface area contributed by atoms with Crippen molar-refractivity contribution in [1.29, 1.82) is 0 Å². The molecule has 0 aromatic heterocycles. The summed E-state index contributed by atoms with van der Waals surface area (Å²) in [5.74, 6) is 0. The van der Waals surface area contributed by atoms with Crippen molar-refractivity contribution >= 4 is 26.0 Å². The molecule has 0 unspecified atom stereocenters. The number of sulfonamides is 1. The second kappa shape index (κ2) is 5.96. The van der Waals surface area contributed by atoms with Gasteiger partial charge in [0.1, 0.15) is 0 Å². The Morgan fingerprint density at radius 2 is 1.71 bits per heavy atom. The molecule has 24 heavy (non-hydrogen) atoms. The summed E-state index contributed by atoms with van der Waals surface area (Å²) in [6.07, 6.45) is -2.55. The van der Waals surface area contributed by atoms with Crippen LogP contribution in [-0.2, 0) is 16.2 Å². The number of piperazine rings is 1. The van der Waals surface area contributed by atoms with Gasteiger partial charge < -0.3 is 0 Å². The van der Waals surface area contributed by atoms with Crippen LogP contribution in [0.5, 0.6) is 0 Å². The molecular formula is C15H18BrF3N2O2S. The van der Waals surface area contributed by atoms with Gasteiger partial charge in [0.15, 0.2) is 0 Å². The van der Waals surface area contributed by atoms with Crippen molar-refractivity contribution in [3.8, 4) is 0 Å². The first kappa shape index (κ1) is 18.2. The number of halogens is 4. The first-order valence-electron chi connectivity index (χ1n) is 7.66. The minimum absolute atomic E-state index is 0.143. The predicted molar refractivity (Wildman–Crippen MR) is 87.1 cm³/mol. The minimum Gasteiger partial charge on any atom is -0.295 e. The summed E-state index contributed by atoms with van der Waals surface area (Å²) in [7, 11) is -4.18. The summed E-state index contributed by atoms with van der Waals surface area (Å²) in [5.41, 5.74) is -0.988. The zero-order valence-corrected chi connectivity index (χ0v) is 15.5. The number of benzene rings is 1. The van der Waals surface area contributed by atoms with Gasteiger partial charge in [-0.2, -0.15) is 17.5 Å². The monoisotopic (exact) mass is 426 g/mol. The zero-order valence-electron chi connectivity index (χ0n) is 13.1. The van der Waals surface area contributed by atoms with Gasteiger partial charge in [-0.15, -0.1) is 0 Å². The van der Waals surface area contributed by atoms with E-state index in [9.17, 15) is 21.6 Å². The third-order valence-corrected chi connectivity index (χ3v) is 7.29. The van der Waals surface area contributed by atoms with Crippen molar-refractivity contribution in [1.82, 2.24) is 9.21 Å². The van der Waals surface area contributed by atoms with Crippen molar-refractivity contribution in [3.05, 3.63) is 28.2 Å². The third-order valence-electron chi connectivity index (χ3n) is 4.84. The SMILES string of the molecule is CC1(N2CCN(S(=O)(=O)c3ccc(Br)cc3C(F)(F)F)CC2)CC1. The van der Waals surface area contributed by atoms with Crippen molar-refractivity contribution in [2.45, 2.75) is 36.4 Å². The Kier molecular flexibility index (Phi) is 4.51. The van der Waals surface area contributed by atoms with Gasteiger partial charge in [0.25, 0.3) is 0 Å². The highest BCUT2D eigenvalue weighted by molar-refractivity contribution is 9.10. The van der Waals surface area contributed by atoms with Gasteiger partial charge in [-0.25, -0.2) is 8.42 Å². The predicted octanol–water partition coefficient (Wildman–Crippen LogP) is 3.33. The molecule has 1 saturated carbocycles. The molecule has 3 rings (SSSR count). The second-order valence-corrected chi connectivity index (χ2v) is 9.35. The molecule has 1 aromatic carbocycles. The second-order valence-electron chi connectivity index (χ2n) is 6.53. The van der Waals surface area contributed by atoms with E-state index >= 15 is 0 Å². The molecule has 2 fully saturated rings. The largest absolute Gasteiger partial charge is 0.417 e. The van der Waals surface area contributed by atoms with E-state index in [0.29, 0.717) is 13.1 Å². The molecule has 2 aliphatic rings. The van der Waals surface area contributed by atoms with Crippen molar-refractivity contribution in [2.75, 3.05) is 26.2 Å². The fraction of sp³-hybridized carbons (Fsp3) is 0.600. The number of hydrogen-bond acceptors (Lipinski definition) is 3. The lowest BCUT2D eigenvalue weighted by molar-refractivity contribution is -0.140. The Morgan fingerprint density at radius 1 is 1.12 bits per heavy atom. The van der Waals surface area contributed by atoms with Crippen molar-refractivity contribution in [2.24, 2.45) is 0 Å². The Balaban J connectivity index is 1.86. The molecule has 4 nitrogen and oxygen atoms in total. The number of rotatable bonds is 3. The molecule has 0 spiro atoms. The number of hydrogen-bond donors (Lipinski definition) is 0. The highest BCUT2D eigenvalue weighted by atomic mass is 79.9. The number of nitrogens with zero attached hydrogens (tertiary/aromatic N) is 2. The molecule has 0 radical (unpaired) electrons. The van der Waals surface area contributed by atoms with Crippen molar-refractivity contribution < 1.29 is 21.6 Å². The minimum atomic E-state index is -4.73. The van der Waals surface area contributed by atoms with Gasteiger partial charge in [-0.1, -0.05) is 15.9 Å². The molecule has 1 aliphatic heterocycles. The van der Waals surface area contributed by atoms with Gasteiger partial charge in [0, 0.05) is 36.2 Å². The van der Waals surface area contributed by atoms with Crippen LogP contribution < -0.4 is 0 Å². The molecule has 1 aromatic rings. The summed E-state index contributed by atoms with van der Waals surface area (Å²) in [6.45, 7) is 3.66. The highest BCUT2D eigenvalue weighted by Gasteiger charge is 2.46. The van der Waals surface area contributed by atoms with Crippen LogP contribution in [0.4, 0.5) is 13.2 Å². The number of alkyl halides is 3. The molecule has 1 heterocycles. The first-order chi connectivity index (χ1) is 11.0. The third kappa shape index (κ3) is 3.36. The average molecular weight is 427 g/mol. The fourth-order valence-corrected chi connectivity index (χ4v) is 5.03. The molecule has 134 valence electrons. The molecule has 0 atom stereocenters. The standard InChI is InChI=1S/C15H18BrF3N2O2S/c1-14(4-5-14)20-6-8-21(9-7-20)24(22,23)13-3-2-11(16)10-12(13)15(17,18)19/h2-3,10H,4-9H2,1H3. The first-order valence-corrected chi connectivity index (χ1v) is 9.89. The lowest BCUT2D eigenvalue weighted by atomic mass is 10.2. The van der Waals surface area contributed by atoms with Crippen LogP contribution in [0.1, 0.15) is 25.3 Å².